The Morgan fingerprint density at radius 2 is 2.00 bits per heavy atom. The number of hydrogen-bond donors (Lipinski definition) is 2. The summed E-state index contributed by atoms with van der Waals surface area (Å²) < 4.78 is 0. The summed E-state index contributed by atoms with van der Waals surface area (Å²) in [6.45, 7) is 3.94. The molecule has 1 aliphatic carbocycles. The molecule has 1 saturated carbocycles. The molecule has 1 rings (SSSR count). The predicted molar refractivity (Wildman–Crippen MR) is 57.9 cm³/mol. The number of carbonyl (C=O) groups is 2. The van der Waals surface area contributed by atoms with Crippen LogP contribution in [0.4, 0.5) is 0 Å². The van der Waals surface area contributed by atoms with Crippen LogP contribution in [0.2, 0.25) is 0 Å². The number of nitrogens with two attached hydrogens (primary N) is 1. The second-order valence-electron chi connectivity index (χ2n) is 4.80. The van der Waals surface area contributed by atoms with E-state index in [-0.39, 0.29) is 5.91 Å². The van der Waals surface area contributed by atoms with Crippen molar-refractivity contribution in [2.24, 2.45) is 17.6 Å². The van der Waals surface area contributed by atoms with Gasteiger partial charge < -0.3 is 11.1 Å². The molecule has 0 aromatic heterocycles. The van der Waals surface area contributed by atoms with E-state index in [0.29, 0.717) is 24.7 Å². The van der Waals surface area contributed by atoms with Crippen LogP contribution in [0.15, 0.2) is 0 Å². The van der Waals surface area contributed by atoms with Gasteiger partial charge in [-0.2, -0.15) is 0 Å². The number of carbonyl (C=O) groups excluding carboxylic acids is 2. The van der Waals surface area contributed by atoms with Crippen molar-refractivity contribution < 1.29 is 9.59 Å². The molecule has 0 bridgehead atoms. The van der Waals surface area contributed by atoms with Crippen LogP contribution in [-0.2, 0) is 9.59 Å². The molecule has 0 spiro atoms. The summed E-state index contributed by atoms with van der Waals surface area (Å²) in [6.07, 6.45) is 3.47. The van der Waals surface area contributed by atoms with Crippen LogP contribution >= 0.6 is 0 Å². The summed E-state index contributed by atoms with van der Waals surface area (Å²) in [5, 5.41) is 2.71. The third-order valence-corrected chi connectivity index (χ3v) is 2.54. The molecule has 0 radical (unpaired) electrons. The van der Waals surface area contributed by atoms with Crippen LogP contribution in [0.25, 0.3) is 0 Å². The average molecular weight is 212 g/mol. The van der Waals surface area contributed by atoms with Crippen LogP contribution in [0.5, 0.6) is 0 Å². The van der Waals surface area contributed by atoms with Gasteiger partial charge in [0.25, 0.3) is 0 Å². The monoisotopic (exact) mass is 212 g/mol. The first kappa shape index (κ1) is 12.0. The normalized spacial score (nSPS) is 17.5. The molecule has 0 saturated heterocycles. The number of nitrogens with one attached hydrogen (secondary N) is 1. The summed E-state index contributed by atoms with van der Waals surface area (Å²) in [6, 6.07) is -0.469. The maximum absolute atomic E-state index is 11.5. The van der Waals surface area contributed by atoms with Crippen molar-refractivity contribution in [2.45, 2.75) is 45.6 Å². The van der Waals surface area contributed by atoms with Gasteiger partial charge in [0, 0.05) is 6.42 Å². The van der Waals surface area contributed by atoms with E-state index in [1.54, 1.807) is 0 Å². The smallest absolute Gasteiger partial charge is 0.240 e. The zero-order chi connectivity index (χ0) is 11.4. The molecule has 1 atom stereocenters. The minimum Gasteiger partial charge on any atom is -0.368 e. The van der Waals surface area contributed by atoms with E-state index in [2.05, 4.69) is 5.32 Å². The van der Waals surface area contributed by atoms with Crippen molar-refractivity contribution >= 4 is 11.8 Å². The summed E-state index contributed by atoms with van der Waals surface area (Å²) in [4.78, 5) is 22.5. The summed E-state index contributed by atoms with van der Waals surface area (Å²) in [5.74, 6) is 0.398. The Labute approximate surface area is 90.6 Å². The van der Waals surface area contributed by atoms with E-state index in [1.807, 2.05) is 13.8 Å². The second-order valence-corrected chi connectivity index (χ2v) is 4.80. The highest BCUT2D eigenvalue weighted by molar-refractivity contribution is 5.86. The van der Waals surface area contributed by atoms with Crippen molar-refractivity contribution in [3.05, 3.63) is 0 Å². The molecular formula is C11H20N2O2. The Bertz CT molecular complexity index is 247. The quantitative estimate of drug-likeness (QED) is 0.683. The third kappa shape index (κ3) is 4.81. The number of hydrogen-bond acceptors (Lipinski definition) is 2. The minimum absolute atomic E-state index is 0.0746. The van der Waals surface area contributed by atoms with Gasteiger partial charge in [-0.15, -0.1) is 0 Å². The molecule has 15 heavy (non-hydrogen) atoms. The molecule has 2 amide bonds. The van der Waals surface area contributed by atoms with Gasteiger partial charge in [0.15, 0.2) is 0 Å². The standard InChI is InChI=1S/C11H20N2O2/c1-7(2)5-10(14)13-9(11(12)15)6-8-3-4-8/h7-9H,3-6H2,1-2H3,(H2,12,15)(H,13,14)/t9-/m0/s1. The van der Waals surface area contributed by atoms with Crippen LogP contribution in [0.1, 0.15) is 39.5 Å². The lowest BCUT2D eigenvalue weighted by Gasteiger charge is -2.15. The largest absolute Gasteiger partial charge is 0.368 e. The van der Waals surface area contributed by atoms with Crippen molar-refractivity contribution in [1.82, 2.24) is 5.32 Å². The van der Waals surface area contributed by atoms with Crippen molar-refractivity contribution in [3.8, 4) is 0 Å². The lowest BCUT2D eigenvalue weighted by Crippen LogP contribution is -2.45. The van der Waals surface area contributed by atoms with E-state index >= 15 is 0 Å². The van der Waals surface area contributed by atoms with Gasteiger partial charge in [-0.05, 0) is 18.3 Å². The zero-order valence-corrected chi connectivity index (χ0v) is 9.45. The van der Waals surface area contributed by atoms with Crippen LogP contribution < -0.4 is 11.1 Å². The molecule has 0 heterocycles. The molecule has 4 nitrogen and oxygen atoms in total. The maximum atomic E-state index is 11.5. The molecule has 86 valence electrons. The number of primary amides is 1. The minimum atomic E-state index is -0.469. The predicted octanol–water partition coefficient (Wildman–Crippen LogP) is 0.803. The van der Waals surface area contributed by atoms with E-state index in [1.165, 1.54) is 0 Å². The van der Waals surface area contributed by atoms with Gasteiger partial charge in [0.2, 0.25) is 11.8 Å². The second kappa shape index (κ2) is 5.14. The Balaban J connectivity index is 2.35. The molecule has 0 aromatic carbocycles. The van der Waals surface area contributed by atoms with Gasteiger partial charge in [-0.1, -0.05) is 26.7 Å². The average Bonchev–Trinajstić information content (AvgIpc) is 2.85. The fraction of sp³-hybridized carbons (Fsp3) is 0.818. The van der Waals surface area contributed by atoms with Crippen LogP contribution in [0.3, 0.4) is 0 Å². The summed E-state index contributed by atoms with van der Waals surface area (Å²) in [7, 11) is 0. The number of amides is 2. The van der Waals surface area contributed by atoms with Crippen molar-refractivity contribution in [2.75, 3.05) is 0 Å². The number of rotatable bonds is 6. The van der Waals surface area contributed by atoms with E-state index in [4.69, 9.17) is 5.73 Å². The first-order chi connectivity index (χ1) is 6.99. The zero-order valence-electron chi connectivity index (χ0n) is 9.45. The Kier molecular flexibility index (Phi) is 4.12. The Morgan fingerprint density at radius 1 is 1.40 bits per heavy atom. The topological polar surface area (TPSA) is 72.2 Å². The van der Waals surface area contributed by atoms with E-state index in [0.717, 1.165) is 12.8 Å². The Hall–Kier alpha value is -1.06. The molecule has 0 unspecified atom stereocenters. The van der Waals surface area contributed by atoms with Crippen molar-refractivity contribution in [3.63, 3.8) is 0 Å². The van der Waals surface area contributed by atoms with Gasteiger partial charge in [0.1, 0.15) is 6.04 Å². The molecule has 1 aliphatic rings. The van der Waals surface area contributed by atoms with Gasteiger partial charge in [-0.25, -0.2) is 0 Å². The first-order valence-electron chi connectivity index (χ1n) is 5.57. The van der Waals surface area contributed by atoms with Crippen LogP contribution in [0, 0.1) is 11.8 Å². The molecule has 3 N–H and O–H groups in total. The molecular weight excluding hydrogens is 192 g/mol. The van der Waals surface area contributed by atoms with Crippen molar-refractivity contribution in [1.29, 1.82) is 0 Å². The Morgan fingerprint density at radius 3 is 2.40 bits per heavy atom. The van der Waals surface area contributed by atoms with Crippen LogP contribution in [-0.4, -0.2) is 17.9 Å². The van der Waals surface area contributed by atoms with E-state index < -0.39 is 11.9 Å². The molecule has 0 aromatic rings. The fourth-order valence-electron chi connectivity index (χ4n) is 1.56. The highest BCUT2D eigenvalue weighted by Crippen LogP contribution is 2.33. The van der Waals surface area contributed by atoms with Gasteiger partial charge in [-0.3, -0.25) is 9.59 Å². The molecule has 4 heteroatoms. The molecule has 1 fully saturated rings. The first-order valence-corrected chi connectivity index (χ1v) is 5.57. The van der Waals surface area contributed by atoms with E-state index in [9.17, 15) is 9.59 Å². The highest BCUT2D eigenvalue weighted by atomic mass is 16.2. The maximum Gasteiger partial charge on any atom is 0.240 e. The SMILES string of the molecule is CC(C)CC(=O)N[C@@H](CC1CC1)C(N)=O. The lowest BCUT2D eigenvalue weighted by atomic mass is 10.1. The summed E-state index contributed by atoms with van der Waals surface area (Å²) in [5.41, 5.74) is 5.24. The third-order valence-electron chi connectivity index (χ3n) is 2.54. The van der Waals surface area contributed by atoms with Gasteiger partial charge in [0.05, 0.1) is 0 Å². The summed E-state index contributed by atoms with van der Waals surface area (Å²) >= 11 is 0. The lowest BCUT2D eigenvalue weighted by molar-refractivity contribution is -0.128. The molecule has 0 aliphatic heterocycles. The highest BCUT2D eigenvalue weighted by Gasteiger charge is 2.29. The fourth-order valence-corrected chi connectivity index (χ4v) is 1.56. The van der Waals surface area contributed by atoms with Gasteiger partial charge >= 0.3 is 0 Å².